The van der Waals surface area contributed by atoms with E-state index in [9.17, 15) is 0 Å². The predicted molar refractivity (Wildman–Crippen MR) is 77.8 cm³/mol. The molecular weight excluding hydrogens is 310 g/mol. The molecule has 1 N–H and O–H groups in total. The predicted octanol–water partition coefficient (Wildman–Crippen LogP) is 4.13. The fraction of sp³-hybridized carbons (Fsp3) is 0.385. The zero-order chi connectivity index (χ0) is 12.7. The van der Waals surface area contributed by atoms with Gasteiger partial charge in [0, 0.05) is 10.4 Å². The largest absolute Gasteiger partial charge is 0.272 e. The minimum absolute atomic E-state index is 0.575. The first-order chi connectivity index (χ1) is 8.70. The lowest BCUT2D eigenvalue weighted by Crippen LogP contribution is -2.03. The molecule has 0 spiro atoms. The van der Waals surface area contributed by atoms with Gasteiger partial charge in [-0.3, -0.25) is 9.67 Å². The number of H-pyrrole nitrogens is 1. The summed E-state index contributed by atoms with van der Waals surface area (Å²) in [5.41, 5.74) is 2.44. The molecule has 0 saturated heterocycles. The summed E-state index contributed by atoms with van der Waals surface area (Å²) < 4.78 is 3.89. The Balaban J connectivity index is 2.20. The molecule has 1 aromatic carbocycles. The van der Waals surface area contributed by atoms with Crippen molar-refractivity contribution in [3.63, 3.8) is 0 Å². The molecule has 3 rings (SSSR count). The highest BCUT2D eigenvalue weighted by Gasteiger charge is 2.29. The van der Waals surface area contributed by atoms with Crippen molar-refractivity contribution in [2.75, 3.05) is 0 Å². The highest BCUT2D eigenvalue weighted by atomic mass is 79.9. The first kappa shape index (κ1) is 12.1. The third kappa shape index (κ3) is 2.06. The SMILES string of the molecule is CCc1cc(Br)ccc1-n1c(C2CC2)n[nH]c1=S. The highest BCUT2D eigenvalue weighted by molar-refractivity contribution is 9.10. The molecule has 3 nitrogen and oxygen atoms in total. The molecule has 1 saturated carbocycles. The van der Waals surface area contributed by atoms with Gasteiger partial charge in [-0.1, -0.05) is 22.9 Å². The van der Waals surface area contributed by atoms with E-state index >= 15 is 0 Å². The lowest BCUT2D eigenvalue weighted by Gasteiger charge is -2.11. The number of aryl methyl sites for hydroxylation is 1. The third-order valence-electron chi connectivity index (χ3n) is 3.30. The van der Waals surface area contributed by atoms with E-state index in [1.807, 2.05) is 0 Å². The number of hydrogen-bond acceptors (Lipinski definition) is 2. The lowest BCUT2D eigenvalue weighted by molar-refractivity contribution is 0.858. The van der Waals surface area contributed by atoms with Crippen molar-refractivity contribution in [1.82, 2.24) is 14.8 Å². The van der Waals surface area contributed by atoms with Crippen molar-refractivity contribution in [3.05, 3.63) is 38.8 Å². The van der Waals surface area contributed by atoms with Crippen LogP contribution in [0.1, 0.15) is 37.1 Å². The summed E-state index contributed by atoms with van der Waals surface area (Å²) in [5.74, 6) is 1.66. The van der Waals surface area contributed by atoms with Crippen LogP contribution in [0, 0.1) is 4.77 Å². The van der Waals surface area contributed by atoms with E-state index in [0.29, 0.717) is 10.7 Å². The van der Waals surface area contributed by atoms with Crippen molar-refractivity contribution in [2.24, 2.45) is 0 Å². The molecule has 0 radical (unpaired) electrons. The van der Waals surface area contributed by atoms with Crippen LogP contribution >= 0.6 is 28.1 Å². The van der Waals surface area contributed by atoms with Gasteiger partial charge in [-0.05, 0) is 55.2 Å². The number of halogens is 1. The Morgan fingerprint density at radius 3 is 2.94 bits per heavy atom. The van der Waals surface area contributed by atoms with Crippen LogP contribution in [-0.2, 0) is 6.42 Å². The fourth-order valence-corrected chi connectivity index (χ4v) is 2.86. The van der Waals surface area contributed by atoms with Crippen molar-refractivity contribution >= 4 is 28.1 Å². The summed E-state index contributed by atoms with van der Waals surface area (Å²) in [4.78, 5) is 0. The zero-order valence-corrected chi connectivity index (χ0v) is 12.5. The maximum Gasteiger partial charge on any atom is 0.199 e. The Morgan fingerprint density at radius 2 is 2.28 bits per heavy atom. The lowest BCUT2D eigenvalue weighted by atomic mass is 10.1. The molecule has 0 unspecified atom stereocenters. The molecule has 0 bridgehead atoms. The number of rotatable bonds is 3. The molecule has 5 heteroatoms. The van der Waals surface area contributed by atoms with Crippen LogP contribution in [0.25, 0.3) is 5.69 Å². The molecule has 94 valence electrons. The molecule has 1 heterocycles. The van der Waals surface area contributed by atoms with Crippen LogP contribution < -0.4 is 0 Å². The monoisotopic (exact) mass is 323 g/mol. The molecule has 1 aliphatic rings. The summed E-state index contributed by atoms with van der Waals surface area (Å²) >= 11 is 8.90. The van der Waals surface area contributed by atoms with E-state index in [-0.39, 0.29) is 0 Å². The maximum atomic E-state index is 5.38. The molecule has 1 aliphatic carbocycles. The number of nitrogens with one attached hydrogen (secondary N) is 1. The molecule has 18 heavy (non-hydrogen) atoms. The van der Waals surface area contributed by atoms with E-state index in [2.05, 4.69) is 55.8 Å². The number of benzene rings is 1. The van der Waals surface area contributed by atoms with Crippen LogP contribution in [0.4, 0.5) is 0 Å². The van der Waals surface area contributed by atoms with Crippen LogP contribution in [0.15, 0.2) is 22.7 Å². The van der Waals surface area contributed by atoms with Gasteiger partial charge in [-0.25, -0.2) is 0 Å². The van der Waals surface area contributed by atoms with Gasteiger partial charge in [0.1, 0.15) is 5.82 Å². The number of aromatic nitrogens is 3. The van der Waals surface area contributed by atoms with E-state index in [4.69, 9.17) is 12.2 Å². The standard InChI is InChI=1S/C13H14BrN3S/c1-2-8-7-10(14)5-6-11(8)17-12(9-3-4-9)15-16-13(17)18/h5-7,9H,2-4H2,1H3,(H,16,18). The number of aromatic amines is 1. The van der Waals surface area contributed by atoms with Gasteiger partial charge in [0.25, 0.3) is 0 Å². The van der Waals surface area contributed by atoms with Gasteiger partial charge in [0.15, 0.2) is 4.77 Å². The Labute approximate surface area is 119 Å². The summed E-state index contributed by atoms with van der Waals surface area (Å²) in [7, 11) is 0. The average molecular weight is 324 g/mol. The molecule has 1 aromatic heterocycles. The molecule has 2 aromatic rings. The number of nitrogens with zero attached hydrogens (tertiary/aromatic N) is 2. The quantitative estimate of drug-likeness (QED) is 0.861. The Morgan fingerprint density at radius 1 is 1.50 bits per heavy atom. The van der Waals surface area contributed by atoms with Crippen molar-refractivity contribution in [1.29, 1.82) is 0 Å². The summed E-state index contributed by atoms with van der Waals surface area (Å²) in [5, 5.41) is 7.31. The summed E-state index contributed by atoms with van der Waals surface area (Å²) in [6, 6.07) is 6.32. The van der Waals surface area contributed by atoms with Crippen LogP contribution in [-0.4, -0.2) is 14.8 Å². The van der Waals surface area contributed by atoms with Crippen LogP contribution in [0.5, 0.6) is 0 Å². The Kier molecular flexibility index (Phi) is 3.11. The van der Waals surface area contributed by atoms with Crippen molar-refractivity contribution < 1.29 is 0 Å². The van der Waals surface area contributed by atoms with Crippen molar-refractivity contribution in [3.8, 4) is 5.69 Å². The van der Waals surface area contributed by atoms with E-state index < -0.39 is 0 Å². The first-order valence-electron chi connectivity index (χ1n) is 6.17. The normalized spacial score (nSPS) is 15.0. The second-order valence-corrected chi connectivity index (χ2v) is 5.93. The zero-order valence-electron chi connectivity index (χ0n) is 10.1. The second kappa shape index (κ2) is 4.63. The van der Waals surface area contributed by atoms with Gasteiger partial charge in [-0.2, -0.15) is 5.10 Å². The molecule has 0 atom stereocenters. The topological polar surface area (TPSA) is 33.6 Å². The molecule has 0 amide bonds. The first-order valence-corrected chi connectivity index (χ1v) is 7.37. The smallest absolute Gasteiger partial charge is 0.199 e. The second-order valence-electron chi connectivity index (χ2n) is 4.62. The Hall–Kier alpha value is -0.940. The molecule has 0 aliphatic heterocycles. The fourth-order valence-electron chi connectivity index (χ4n) is 2.21. The van der Waals surface area contributed by atoms with Crippen molar-refractivity contribution in [2.45, 2.75) is 32.1 Å². The van der Waals surface area contributed by atoms with Gasteiger partial charge in [0.2, 0.25) is 0 Å². The maximum absolute atomic E-state index is 5.38. The van der Waals surface area contributed by atoms with Crippen LogP contribution in [0.3, 0.4) is 0 Å². The molecular formula is C13H14BrN3S. The van der Waals surface area contributed by atoms with E-state index in [1.165, 1.54) is 18.4 Å². The number of hydrogen-bond donors (Lipinski definition) is 1. The van der Waals surface area contributed by atoms with Gasteiger partial charge in [0.05, 0.1) is 5.69 Å². The minimum atomic E-state index is 0.575. The van der Waals surface area contributed by atoms with Crippen LogP contribution in [0.2, 0.25) is 0 Å². The van der Waals surface area contributed by atoms with Gasteiger partial charge < -0.3 is 0 Å². The minimum Gasteiger partial charge on any atom is -0.272 e. The average Bonchev–Trinajstić information content (AvgIpc) is 3.14. The van der Waals surface area contributed by atoms with Gasteiger partial charge >= 0.3 is 0 Å². The van der Waals surface area contributed by atoms with E-state index in [0.717, 1.165) is 22.4 Å². The third-order valence-corrected chi connectivity index (χ3v) is 4.07. The molecule has 1 fully saturated rings. The highest BCUT2D eigenvalue weighted by Crippen LogP contribution is 2.40. The van der Waals surface area contributed by atoms with Gasteiger partial charge in [-0.15, -0.1) is 0 Å². The Bertz CT molecular complexity index is 640. The summed E-state index contributed by atoms with van der Waals surface area (Å²) in [6.45, 7) is 2.16. The van der Waals surface area contributed by atoms with E-state index in [1.54, 1.807) is 0 Å². The summed E-state index contributed by atoms with van der Waals surface area (Å²) in [6.07, 6.45) is 3.42.